The van der Waals surface area contributed by atoms with Crippen molar-refractivity contribution in [3.05, 3.63) is 58.3 Å². The molecule has 0 saturated heterocycles. The van der Waals surface area contributed by atoms with E-state index in [9.17, 15) is 14.0 Å². The van der Waals surface area contributed by atoms with E-state index < -0.39 is 0 Å². The van der Waals surface area contributed by atoms with Crippen LogP contribution in [0.25, 0.3) is 0 Å². The highest BCUT2D eigenvalue weighted by atomic mass is 19.1. The second-order valence-corrected chi connectivity index (χ2v) is 5.49. The Morgan fingerprint density at radius 2 is 2.18 bits per heavy atom. The summed E-state index contributed by atoms with van der Waals surface area (Å²) in [5.74, 6) is -0.145. The number of hydrogen-bond acceptors (Lipinski definition) is 3. The summed E-state index contributed by atoms with van der Waals surface area (Å²) in [6, 6.07) is 4.82. The molecule has 0 unspecified atom stereocenters. The molecule has 114 valence electrons. The van der Waals surface area contributed by atoms with Crippen molar-refractivity contribution in [1.29, 1.82) is 0 Å². The quantitative estimate of drug-likeness (QED) is 0.947. The van der Waals surface area contributed by atoms with Crippen molar-refractivity contribution in [2.75, 3.05) is 0 Å². The standard InChI is InChI=1S/C17H16FNO3/c1-10-5-6-11(7-13(10)18)8-19-17(21)12-9-22-15-4-2-3-14(20)16(12)15/h5-7,9H,2-4,8H2,1H3,(H,19,21). The van der Waals surface area contributed by atoms with Crippen molar-refractivity contribution in [1.82, 2.24) is 5.32 Å². The Labute approximate surface area is 127 Å². The van der Waals surface area contributed by atoms with Gasteiger partial charge in [0.25, 0.3) is 5.91 Å². The molecular weight excluding hydrogens is 285 g/mol. The molecule has 1 heterocycles. The number of Topliss-reactive ketones (excluding diaryl/α,β-unsaturated/α-hetero) is 1. The molecule has 1 N–H and O–H groups in total. The lowest BCUT2D eigenvalue weighted by Crippen LogP contribution is -2.25. The van der Waals surface area contributed by atoms with E-state index in [0.717, 1.165) is 6.42 Å². The Morgan fingerprint density at radius 3 is 2.95 bits per heavy atom. The zero-order valence-electron chi connectivity index (χ0n) is 12.2. The largest absolute Gasteiger partial charge is 0.468 e. The second kappa shape index (κ2) is 5.75. The van der Waals surface area contributed by atoms with E-state index >= 15 is 0 Å². The number of nitrogens with one attached hydrogen (secondary N) is 1. The summed E-state index contributed by atoms with van der Waals surface area (Å²) in [4.78, 5) is 24.2. The average Bonchev–Trinajstić information content (AvgIpc) is 2.94. The molecule has 1 amide bonds. The van der Waals surface area contributed by atoms with Gasteiger partial charge in [-0.2, -0.15) is 0 Å². The van der Waals surface area contributed by atoms with Gasteiger partial charge in [0.15, 0.2) is 5.78 Å². The number of carbonyl (C=O) groups is 2. The molecule has 0 saturated carbocycles. The highest BCUT2D eigenvalue weighted by Gasteiger charge is 2.27. The minimum atomic E-state index is -0.374. The monoisotopic (exact) mass is 301 g/mol. The molecule has 1 aliphatic rings. The summed E-state index contributed by atoms with van der Waals surface area (Å²) >= 11 is 0. The number of aryl methyl sites for hydroxylation is 2. The summed E-state index contributed by atoms with van der Waals surface area (Å²) in [6.07, 6.45) is 3.20. The molecule has 22 heavy (non-hydrogen) atoms. The van der Waals surface area contributed by atoms with E-state index in [0.29, 0.717) is 35.3 Å². The molecule has 1 aromatic carbocycles. The number of furan rings is 1. The second-order valence-electron chi connectivity index (χ2n) is 5.49. The van der Waals surface area contributed by atoms with Gasteiger partial charge < -0.3 is 9.73 Å². The van der Waals surface area contributed by atoms with Crippen molar-refractivity contribution >= 4 is 11.7 Å². The van der Waals surface area contributed by atoms with Crippen LogP contribution in [0, 0.1) is 12.7 Å². The Kier molecular flexibility index (Phi) is 3.79. The summed E-state index contributed by atoms with van der Waals surface area (Å²) in [7, 11) is 0. The summed E-state index contributed by atoms with van der Waals surface area (Å²) in [6.45, 7) is 1.88. The number of hydrogen-bond donors (Lipinski definition) is 1. The van der Waals surface area contributed by atoms with Crippen LogP contribution in [0.5, 0.6) is 0 Å². The molecule has 1 aromatic heterocycles. The molecule has 0 bridgehead atoms. The molecule has 0 aliphatic heterocycles. The molecule has 0 atom stereocenters. The SMILES string of the molecule is Cc1ccc(CNC(=O)c2coc3c2C(=O)CCC3)cc1F. The van der Waals surface area contributed by atoms with Crippen molar-refractivity contribution in [2.45, 2.75) is 32.7 Å². The Hall–Kier alpha value is -2.43. The Balaban J connectivity index is 1.74. The van der Waals surface area contributed by atoms with Crippen LogP contribution >= 0.6 is 0 Å². The molecule has 2 aromatic rings. The zero-order valence-corrected chi connectivity index (χ0v) is 12.2. The highest BCUT2D eigenvalue weighted by Crippen LogP contribution is 2.26. The van der Waals surface area contributed by atoms with E-state index in [4.69, 9.17) is 4.42 Å². The lowest BCUT2D eigenvalue weighted by atomic mass is 9.94. The van der Waals surface area contributed by atoms with Crippen molar-refractivity contribution in [3.63, 3.8) is 0 Å². The predicted molar refractivity (Wildman–Crippen MR) is 78.3 cm³/mol. The van der Waals surface area contributed by atoms with Crippen molar-refractivity contribution < 1.29 is 18.4 Å². The number of rotatable bonds is 3. The first-order valence-corrected chi connectivity index (χ1v) is 7.23. The van der Waals surface area contributed by atoms with E-state index in [1.54, 1.807) is 19.1 Å². The Morgan fingerprint density at radius 1 is 1.36 bits per heavy atom. The van der Waals surface area contributed by atoms with Crippen LogP contribution in [-0.2, 0) is 13.0 Å². The van der Waals surface area contributed by atoms with Gasteiger partial charge >= 0.3 is 0 Å². The van der Waals surface area contributed by atoms with Crippen molar-refractivity contribution in [3.8, 4) is 0 Å². The normalized spacial score (nSPS) is 13.8. The molecule has 4 nitrogen and oxygen atoms in total. The number of amides is 1. The zero-order chi connectivity index (χ0) is 15.7. The van der Waals surface area contributed by atoms with Gasteiger partial charge in [0.1, 0.15) is 17.8 Å². The maximum Gasteiger partial charge on any atom is 0.255 e. The van der Waals surface area contributed by atoms with E-state index in [1.807, 2.05) is 0 Å². The van der Waals surface area contributed by atoms with Crippen LogP contribution in [0.1, 0.15) is 50.4 Å². The van der Waals surface area contributed by atoms with E-state index in [1.165, 1.54) is 12.3 Å². The molecular formula is C17H16FNO3. The molecule has 0 fully saturated rings. The summed E-state index contributed by atoms with van der Waals surface area (Å²) in [5.41, 5.74) is 1.90. The fraction of sp³-hybridized carbons (Fsp3) is 0.294. The highest BCUT2D eigenvalue weighted by molar-refractivity contribution is 6.09. The van der Waals surface area contributed by atoms with Crippen LogP contribution in [0.2, 0.25) is 0 Å². The first-order valence-electron chi connectivity index (χ1n) is 7.23. The van der Waals surface area contributed by atoms with Gasteiger partial charge in [-0.3, -0.25) is 9.59 Å². The molecule has 0 radical (unpaired) electrons. The third kappa shape index (κ3) is 2.66. The minimum Gasteiger partial charge on any atom is -0.468 e. The lowest BCUT2D eigenvalue weighted by Gasteiger charge is -2.10. The van der Waals surface area contributed by atoms with E-state index in [-0.39, 0.29) is 29.6 Å². The van der Waals surface area contributed by atoms with E-state index in [2.05, 4.69) is 5.32 Å². The van der Waals surface area contributed by atoms with Gasteiger partial charge in [0.05, 0.1) is 11.1 Å². The first kappa shape index (κ1) is 14.5. The van der Waals surface area contributed by atoms with Crippen LogP contribution < -0.4 is 5.32 Å². The number of benzene rings is 1. The third-order valence-electron chi connectivity index (χ3n) is 3.89. The van der Waals surface area contributed by atoms with Crippen LogP contribution in [0.15, 0.2) is 28.9 Å². The van der Waals surface area contributed by atoms with Gasteiger partial charge in [-0.25, -0.2) is 4.39 Å². The summed E-state index contributed by atoms with van der Waals surface area (Å²) < 4.78 is 18.8. The van der Waals surface area contributed by atoms with Gasteiger partial charge in [0.2, 0.25) is 0 Å². The number of halogens is 1. The lowest BCUT2D eigenvalue weighted by molar-refractivity contribution is 0.0926. The summed E-state index contributed by atoms with van der Waals surface area (Å²) in [5, 5.41) is 2.70. The Bertz CT molecular complexity index is 748. The van der Waals surface area contributed by atoms with Gasteiger partial charge in [-0.15, -0.1) is 0 Å². The first-order chi connectivity index (χ1) is 10.6. The molecule has 5 heteroatoms. The minimum absolute atomic E-state index is 0.0541. The van der Waals surface area contributed by atoms with Gasteiger partial charge in [0, 0.05) is 19.4 Å². The van der Waals surface area contributed by atoms with Crippen LogP contribution in [-0.4, -0.2) is 11.7 Å². The van der Waals surface area contributed by atoms with Crippen molar-refractivity contribution in [2.24, 2.45) is 0 Å². The fourth-order valence-corrected chi connectivity index (χ4v) is 2.61. The van der Waals surface area contributed by atoms with Gasteiger partial charge in [-0.05, 0) is 30.5 Å². The topological polar surface area (TPSA) is 59.3 Å². The number of carbonyl (C=O) groups excluding carboxylic acids is 2. The number of ketones is 1. The maximum atomic E-state index is 13.5. The van der Waals surface area contributed by atoms with Gasteiger partial charge in [-0.1, -0.05) is 12.1 Å². The predicted octanol–water partition coefficient (Wildman–Crippen LogP) is 3.18. The van der Waals surface area contributed by atoms with Crippen LogP contribution in [0.4, 0.5) is 4.39 Å². The third-order valence-corrected chi connectivity index (χ3v) is 3.89. The molecule has 3 rings (SSSR count). The fourth-order valence-electron chi connectivity index (χ4n) is 2.61. The average molecular weight is 301 g/mol. The smallest absolute Gasteiger partial charge is 0.255 e. The molecule has 1 aliphatic carbocycles. The molecule has 0 spiro atoms. The maximum absolute atomic E-state index is 13.5. The van der Waals surface area contributed by atoms with Crippen LogP contribution in [0.3, 0.4) is 0 Å². The number of fused-ring (bicyclic) bond motifs is 1.